The number of nitrogens with zero attached hydrogens (tertiary/aromatic N) is 2. The summed E-state index contributed by atoms with van der Waals surface area (Å²) < 4.78 is 29.9. The molecule has 266 valence electrons. The highest BCUT2D eigenvalue weighted by atomic mass is 16.7. The van der Waals surface area contributed by atoms with Gasteiger partial charge in [0.15, 0.2) is 13.0 Å². The van der Waals surface area contributed by atoms with Gasteiger partial charge in [0.1, 0.15) is 13.2 Å². The van der Waals surface area contributed by atoms with E-state index < -0.39 is 34.0 Å². The molecule has 2 rings (SSSR count). The van der Waals surface area contributed by atoms with Crippen molar-refractivity contribution in [3.05, 3.63) is 24.3 Å². The van der Waals surface area contributed by atoms with Crippen LogP contribution >= 0.6 is 0 Å². The third-order valence-corrected chi connectivity index (χ3v) is 5.75. The van der Waals surface area contributed by atoms with Gasteiger partial charge < -0.3 is 28.4 Å². The first-order valence-electron chi connectivity index (χ1n) is 14.8. The molecule has 0 aromatic rings. The molecule has 0 radical (unpaired) electrons. The fraction of sp³-hybridized carbons (Fsp3) is 0.656. The largest absolute Gasteiger partial charge is 0.463 e. The molecule has 2 heterocycles. The molecule has 0 unspecified atom stereocenters. The van der Waals surface area contributed by atoms with E-state index in [0.29, 0.717) is 13.2 Å². The lowest BCUT2D eigenvalue weighted by molar-refractivity contribution is -0.162. The van der Waals surface area contributed by atoms with Crippen LogP contribution < -0.4 is 0 Å². The molecule has 0 N–H and O–H groups in total. The molecule has 0 fully saturated rings. The zero-order valence-electron chi connectivity index (χ0n) is 29.3. The molecule has 0 saturated heterocycles. The van der Waals surface area contributed by atoms with Crippen LogP contribution in [0.5, 0.6) is 0 Å². The Balaban J connectivity index is 0.000000676. The molecule has 0 aliphatic carbocycles. The minimum Gasteiger partial charge on any atom is -0.463 e. The molecule has 0 saturated carbocycles. The predicted octanol–water partition coefficient (Wildman–Crippen LogP) is 2.17. The van der Waals surface area contributed by atoms with Crippen LogP contribution in [-0.4, -0.2) is 112 Å². The van der Waals surface area contributed by atoms with E-state index in [0.717, 1.165) is 22.0 Å². The average molecular weight is 671 g/mol. The summed E-state index contributed by atoms with van der Waals surface area (Å²) in [5.74, 6) is -2.67. The number of hydrogen-bond donors (Lipinski definition) is 0. The van der Waals surface area contributed by atoms with Crippen LogP contribution in [0.3, 0.4) is 0 Å². The standard InChI is InChI=1S/C11H15NO4.C11H22O5.C10H13NO4/c1-11(2,3)10(15)16-7-6-12-8(13)4-5-9(12)14;1-11(2,3)10(12)16-7-6-15-8-9(13-4)14-5;1-10(2,3)9(14)15-6-11-7(12)4-5-8(11)13/h4-5H,6-7H2,1-3H3;9H,6-8H2,1-5H3;4-5H,6H2,1-3H3. The number of methoxy groups -OCH3 is 2. The molecule has 2 aliphatic rings. The number of carbonyl (C=O) groups excluding carboxylic acids is 7. The normalized spacial score (nSPS) is 14.6. The number of carbonyl (C=O) groups is 7. The lowest BCUT2D eigenvalue weighted by atomic mass is 9.97. The first kappa shape index (κ1) is 43.0. The van der Waals surface area contributed by atoms with Gasteiger partial charge >= 0.3 is 17.9 Å². The second-order valence-corrected chi connectivity index (χ2v) is 13.2. The van der Waals surface area contributed by atoms with Crippen molar-refractivity contribution in [1.29, 1.82) is 0 Å². The van der Waals surface area contributed by atoms with E-state index in [4.69, 9.17) is 28.4 Å². The van der Waals surface area contributed by atoms with Crippen molar-refractivity contribution < 1.29 is 62.0 Å². The summed E-state index contributed by atoms with van der Waals surface area (Å²) in [6.07, 6.45) is 4.32. The van der Waals surface area contributed by atoms with E-state index in [1.807, 2.05) is 20.8 Å². The van der Waals surface area contributed by atoms with Gasteiger partial charge in [-0.05, 0) is 62.3 Å². The summed E-state index contributed by atoms with van der Waals surface area (Å²) in [5.41, 5.74) is -1.68. The van der Waals surface area contributed by atoms with Crippen molar-refractivity contribution >= 4 is 41.5 Å². The van der Waals surface area contributed by atoms with Crippen LogP contribution in [0, 0.1) is 16.2 Å². The van der Waals surface area contributed by atoms with E-state index in [-0.39, 0.29) is 56.5 Å². The van der Waals surface area contributed by atoms with Gasteiger partial charge in [-0.25, -0.2) is 4.90 Å². The van der Waals surface area contributed by atoms with E-state index in [1.54, 1.807) is 41.5 Å². The number of ether oxygens (including phenoxy) is 6. The van der Waals surface area contributed by atoms with Gasteiger partial charge in [0.2, 0.25) is 0 Å². The number of esters is 3. The highest BCUT2D eigenvalue weighted by Crippen LogP contribution is 2.17. The maximum Gasteiger partial charge on any atom is 0.312 e. The van der Waals surface area contributed by atoms with Crippen LogP contribution in [-0.2, 0) is 62.0 Å². The zero-order chi connectivity index (χ0) is 36.6. The van der Waals surface area contributed by atoms with E-state index in [1.165, 1.54) is 26.4 Å². The van der Waals surface area contributed by atoms with Crippen molar-refractivity contribution in [2.75, 3.05) is 53.9 Å². The summed E-state index contributed by atoms with van der Waals surface area (Å²) >= 11 is 0. The molecule has 2 aliphatic heterocycles. The number of amides is 4. The second-order valence-electron chi connectivity index (χ2n) is 13.2. The average Bonchev–Trinajstić information content (AvgIpc) is 3.46. The van der Waals surface area contributed by atoms with Gasteiger partial charge in [-0.3, -0.25) is 38.5 Å². The second kappa shape index (κ2) is 19.7. The molecule has 0 bridgehead atoms. The minimum atomic E-state index is -0.640. The lowest BCUT2D eigenvalue weighted by Gasteiger charge is -2.19. The molecule has 0 aromatic heterocycles. The van der Waals surface area contributed by atoms with Gasteiger partial charge in [-0.15, -0.1) is 0 Å². The summed E-state index contributed by atoms with van der Waals surface area (Å²) in [7, 11) is 3.08. The Morgan fingerprint density at radius 2 is 0.936 bits per heavy atom. The lowest BCUT2D eigenvalue weighted by Crippen LogP contribution is -2.35. The molecule has 0 atom stereocenters. The Hall–Kier alpha value is -3.95. The van der Waals surface area contributed by atoms with Crippen LogP contribution in [0.2, 0.25) is 0 Å². The molecule has 15 heteroatoms. The maximum atomic E-state index is 11.4. The zero-order valence-corrected chi connectivity index (χ0v) is 29.3. The fourth-order valence-electron chi connectivity index (χ4n) is 2.82. The van der Waals surface area contributed by atoms with Crippen molar-refractivity contribution in [3.63, 3.8) is 0 Å². The van der Waals surface area contributed by atoms with E-state index in [2.05, 4.69) is 0 Å². The fourth-order valence-corrected chi connectivity index (χ4v) is 2.82. The monoisotopic (exact) mass is 670 g/mol. The summed E-state index contributed by atoms with van der Waals surface area (Å²) in [4.78, 5) is 80.4. The topological polar surface area (TPSA) is 181 Å². The molecule has 0 aromatic carbocycles. The Morgan fingerprint density at radius 1 is 0.574 bits per heavy atom. The Morgan fingerprint density at radius 3 is 1.32 bits per heavy atom. The van der Waals surface area contributed by atoms with Crippen LogP contribution in [0.4, 0.5) is 0 Å². The molecular formula is C32H50N2O13. The molecular weight excluding hydrogens is 620 g/mol. The highest BCUT2D eigenvalue weighted by Gasteiger charge is 2.29. The number of rotatable bonds is 12. The van der Waals surface area contributed by atoms with E-state index in [9.17, 15) is 33.6 Å². The molecule has 47 heavy (non-hydrogen) atoms. The molecule has 0 spiro atoms. The Kier molecular flexibility index (Phi) is 18.0. The number of imide groups is 2. The quantitative estimate of drug-likeness (QED) is 0.0970. The maximum absolute atomic E-state index is 11.4. The summed E-state index contributed by atoms with van der Waals surface area (Å²) in [5, 5.41) is 0. The molecule has 4 amide bonds. The van der Waals surface area contributed by atoms with Crippen molar-refractivity contribution in [3.8, 4) is 0 Å². The van der Waals surface area contributed by atoms with Gasteiger partial charge in [0, 0.05) is 38.5 Å². The van der Waals surface area contributed by atoms with Crippen LogP contribution in [0.25, 0.3) is 0 Å². The first-order valence-corrected chi connectivity index (χ1v) is 14.8. The third kappa shape index (κ3) is 17.0. The highest BCUT2D eigenvalue weighted by molar-refractivity contribution is 6.13. The summed E-state index contributed by atoms with van der Waals surface area (Å²) in [6.45, 7) is 16.5. The Labute approximate surface area is 276 Å². The third-order valence-electron chi connectivity index (χ3n) is 5.75. The van der Waals surface area contributed by atoms with E-state index >= 15 is 0 Å². The minimum absolute atomic E-state index is 0.0370. The predicted molar refractivity (Wildman–Crippen MR) is 167 cm³/mol. The first-order chi connectivity index (χ1) is 21.6. The Bertz CT molecular complexity index is 1130. The van der Waals surface area contributed by atoms with Gasteiger partial charge in [0.05, 0.1) is 36.0 Å². The molecule has 15 nitrogen and oxygen atoms in total. The van der Waals surface area contributed by atoms with Crippen molar-refractivity contribution in [2.24, 2.45) is 16.2 Å². The van der Waals surface area contributed by atoms with Gasteiger partial charge in [-0.2, -0.15) is 0 Å². The van der Waals surface area contributed by atoms with Crippen LogP contribution in [0.1, 0.15) is 62.3 Å². The van der Waals surface area contributed by atoms with Crippen molar-refractivity contribution in [1.82, 2.24) is 9.80 Å². The van der Waals surface area contributed by atoms with Crippen molar-refractivity contribution in [2.45, 2.75) is 68.6 Å². The summed E-state index contributed by atoms with van der Waals surface area (Å²) in [6, 6.07) is 0. The van der Waals surface area contributed by atoms with Gasteiger partial charge in [0.25, 0.3) is 23.6 Å². The van der Waals surface area contributed by atoms with Crippen LogP contribution in [0.15, 0.2) is 24.3 Å². The SMILES string of the molecule is CC(C)(C)C(=O)OCCN1C(=O)C=CC1=O.CC(C)(C)C(=O)OCN1C(=O)C=CC1=O.COC(COCCOC(=O)C(C)(C)C)OC. The smallest absolute Gasteiger partial charge is 0.312 e. The number of hydrogen-bond acceptors (Lipinski definition) is 13. The van der Waals surface area contributed by atoms with Gasteiger partial charge in [-0.1, -0.05) is 0 Å².